The number of fused-ring (bicyclic) bond motifs is 4. The molecule has 2 heterocycles. The molecule has 4 aromatic rings. The number of methoxy groups -OCH3 is 1. The van der Waals surface area contributed by atoms with Crippen LogP contribution in [0.5, 0.6) is 17.2 Å². The summed E-state index contributed by atoms with van der Waals surface area (Å²) in [5, 5.41) is 6.91. The van der Waals surface area contributed by atoms with E-state index >= 15 is 0 Å². The summed E-state index contributed by atoms with van der Waals surface area (Å²) in [4.78, 5) is 12.8. The van der Waals surface area contributed by atoms with Gasteiger partial charge in [0.2, 0.25) is 6.79 Å². The number of amides is 1. The molecule has 31 heavy (non-hydrogen) atoms. The summed E-state index contributed by atoms with van der Waals surface area (Å²) >= 11 is 0. The van der Waals surface area contributed by atoms with Crippen LogP contribution in [0.2, 0.25) is 0 Å². The third kappa shape index (κ3) is 3.64. The minimum Gasteiger partial charge on any atom is -0.495 e. The maximum absolute atomic E-state index is 12.8. The predicted molar refractivity (Wildman–Crippen MR) is 117 cm³/mol. The van der Waals surface area contributed by atoms with E-state index in [4.69, 9.17) is 18.6 Å². The normalized spacial score (nSPS) is 13.5. The van der Waals surface area contributed by atoms with E-state index in [1.54, 1.807) is 7.11 Å². The molecular weight excluding hydrogens is 396 g/mol. The van der Waals surface area contributed by atoms with Crippen LogP contribution in [0, 0.1) is 0 Å². The van der Waals surface area contributed by atoms with E-state index in [9.17, 15) is 4.79 Å². The fourth-order valence-corrected chi connectivity index (χ4v) is 3.75. The van der Waals surface area contributed by atoms with Crippen LogP contribution < -0.4 is 24.8 Å². The van der Waals surface area contributed by atoms with Crippen molar-refractivity contribution in [2.45, 2.75) is 19.5 Å². The first-order valence-corrected chi connectivity index (χ1v) is 10.1. The Morgan fingerprint density at radius 2 is 1.90 bits per heavy atom. The highest BCUT2D eigenvalue weighted by Gasteiger charge is 2.20. The first-order chi connectivity index (χ1) is 15.1. The summed E-state index contributed by atoms with van der Waals surface area (Å²) < 4.78 is 22.2. The number of nitrogens with two attached hydrogens (primary N) is 1. The van der Waals surface area contributed by atoms with Crippen LogP contribution in [0.3, 0.4) is 0 Å². The van der Waals surface area contributed by atoms with Crippen LogP contribution in [-0.4, -0.2) is 25.9 Å². The molecule has 0 saturated carbocycles. The molecule has 0 bridgehead atoms. The molecule has 5 rings (SSSR count). The van der Waals surface area contributed by atoms with Gasteiger partial charge in [-0.25, -0.2) is 0 Å². The lowest BCUT2D eigenvalue weighted by Crippen LogP contribution is -2.90. The zero-order valence-corrected chi connectivity index (χ0v) is 17.3. The van der Waals surface area contributed by atoms with Crippen LogP contribution in [0.4, 0.5) is 5.69 Å². The summed E-state index contributed by atoms with van der Waals surface area (Å²) in [7, 11) is 1.59. The number of ether oxygens (including phenoxy) is 3. The average Bonchev–Trinajstić information content (AvgIpc) is 3.40. The highest BCUT2D eigenvalue weighted by atomic mass is 16.7. The van der Waals surface area contributed by atoms with Crippen LogP contribution in [0.25, 0.3) is 21.9 Å². The van der Waals surface area contributed by atoms with E-state index in [1.165, 1.54) is 0 Å². The van der Waals surface area contributed by atoms with E-state index in [-0.39, 0.29) is 18.7 Å². The Kier molecular flexibility index (Phi) is 4.88. The summed E-state index contributed by atoms with van der Waals surface area (Å²) in [6.07, 6.45) is 0. The molecule has 0 aliphatic carbocycles. The highest BCUT2D eigenvalue weighted by Crippen LogP contribution is 2.36. The van der Waals surface area contributed by atoms with Gasteiger partial charge in [0.15, 0.2) is 17.5 Å². The van der Waals surface area contributed by atoms with Gasteiger partial charge >= 0.3 is 0 Å². The largest absolute Gasteiger partial charge is 0.495 e. The number of rotatable bonds is 6. The van der Waals surface area contributed by atoms with Crippen LogP contribution in [-0.2, 0) is 11.3 Å². The Labute approximate surface area is 178 Å². The van der Waals surface area contributed by atoms with Crippen molar-refractivity contribution >= 4 is 33.5 Å². The third-order valence-corrected chi connectivity index (χ3v) is 5.51. The van der Waals surface area contributed by atoms with Crippen LogP contribution >= 0.6 is 0 Å². The topological polar surface area (TPSA) is 86.5 Å². The zero-order valence-electron chi connectivity index (χ0n) is 17.3. The SMILES string of the molecule is COc1cc2c(cc1NC(=O)[C@H](C)[NH2+]Cc1ccc3c(c1)OCO3)oc1ccccc12. The first-order valence-electron chi connectivity index (χ1n) is 10.1. The second-order valence-corrected chi connectivity index (χ2v) is 7.55. The van der Waals surface area contributed by atoms with E-state index in [0.717, 1.165) is 33.4 Å². The number of quaternary nitrogens is 1. The molecule has 0 fully saturated rings. The third-order valence-electron chi connectivity index (χ3n) is 5.51. The van der Waals surface area contributed by atoms with Crippen molar-refractivity contribution in [3.8, 4) is 17.2 Å². The minimum atomic E-state index is -0.304. The molecule has 0 radical (unpaired) electrons. The van der Waals surface area contributed by atoms with Crippen molar-refractivity contribution in [1.82, 2.24) is 0 Å². The summed E-state index contributed by atoms with van der Waals surface area (Å²) in [6.45, 7) is 2.76. The van der Waals surface area contributed by atoms with Crippen molar-refractivity contribution < 1.29 is 28.7 Å². The number of carbonyl (C=O) groups excluding carboxylic acids is 1. The summed E-state index contributed by atoms with van der Waals surface area (Å²) in [6, 6.07) is 17.1. The van der Waals surface area contributed by atoms with Gasteiger partial charge < -0.3 is 29.3 Å². The average molecular weight is 419 g/mol. The van der Waals surface area contributed by atoms with E-state index in [1.807, 2.05) is 66.8 Å². The summed E-state index contributed by atoms with van der Waals surface area (Å²) in [5.41, 5.74) is 3.15. The standard InChI is InChI=1S/C24H22N2O5/c1-14(25-12-15-7-8-20-23(9-15)30-13-29-20)24(27)26-18-11-21-17(10-22(18)28-2)16-5-3-4-6-19(16)31-21/h3-11,14,25H,12-13H2,1-2H3,(H,26,27)/p+1/t14-/m0/s1. The highest BCUT2D eigenvalue weighted by molar-refractivity contribution is 6.08. The first kappa shape index (κ1) is 19.3. The van der Waals surface area contributed by atoms with Gasteiger partial charge in [-0.2, -0.15) is 0 Å². The van der Waals surface area contributed by atoms with Crippen molar-refractivity contribution in [3.05, 3.63) is 60.2 Å². The van der Waals surface area contributed by atoms with Crippen molar-refractivity contribution in [2.75, 3.05) is 19.2 Å². The van der Waals surface area contributed by atoms with Gasteiger partial charge in [-0.1, -0.05) is 18.2 Å². The summed E-state index contributed by atoms with van der Waals surface area (Å²) in [5.74, 6) is 1.97. The fraction of sp³-hybridized carbons (Fsp3) is 0.208. The molecule has 0 spiro atoms. The number of anilines is 1. The number of para-hydroxylation sites is 1. The number of carbonyl (C=O) groups is 1. The molecule has 7 heteroatoms. The minimum absolute atomic E-state index is 0.116. The second-order valence-electron chi connectivity index (χ2n) is 7.55. The van der Waals surface area contributed by atoms with Gasteiger partial charge in [-0.3, -0.25) is 4.79 Å². The Morgan fingerprint density at radius 1 is 1.06 bits per heavy atom. The molecule has 0 saturated heterocycles. The van der Waals surface area contributed by atoms with Crippen molar-refractivity contribution in [1.29, 1.82) is 0 Å². The lowest BCUT2D eigenvalue weighted by atomic mass is 10.1. The Hall–Kier alpha value is -3.71. The van der Waals surface area contributed by atoms with Crippen LogP contribution in [0.1, 0.15) is 12.5 Å². The second kappa shape index (κ2) is 7.85. The molecule has 1 aliphatic heterocycles. The van der Waals surface area contributed by atoms with Crippen LogP contribution in [0.15, 0.2) is 59.0 Å². The molecule has 0 unspecified atom stereocenters. The molecule has 3 N–H and O–H groups in total. The van der Waals surface area contributed by atoms with E-state index < -0.39 is 0 Å². The van der Waals surface area contributed by atoms with Gasteiger partial charge in [0.25, 0.3) is 5.91 Å². The lowest BCUT2D eigenvalue weighted by Gasteiger charge is -2.14. The van der Waals surface area contributed by atoms with Gasteiger partial charge in [0.05, 0.1) is 12.8 Å². The zero-order chi connectivity index (χ0) is 21.4. The number of hydrogen-bond donors (Lipinski definition) is 2. The maximum atomic E-state index is 12.8. The van der Waals surface area contributed by atoms with E-state index in [0.29, 0.717) is 23.6 Å². The lowest BCUT2D eigenvalue weighted by molar-refractivity contribution is -0.688. The number of nitrogens with one attached hydrogen (secondary N) is 1. The number of benzene rings is 3. The van der Waals surface area contributed by atoms with Gasteiger partial charge in [-0.15, -0.1) is 0 Å². The molecule has 1 atom stereocenters. The number of furan rings is 1. The molecular formula is C24H23N2O5+. The quantitative estimate of drug-likeness (QED) is 0.500. The molecule has 3 aromatic carbocycles. The molecule has 1 aromatic heterocycles. The van der Waals surface area contributed by atoms with Gasteiger partial charge in [-0.05, 0) is 37.3 Å². The van der Waals surface area contributed by atoms with Crippen molar-refractivity contribution in [3.63, 3.8) is 0 Å². The molecule has 1 amide bonds. The van der Waals surface area contributed by atoms with E-state index in [2.05, 4.69) is 5.32 Å². The van der Waals surface area contributed by atoms with Gasteiger partial charge in [0.1, 0.15) is 23.5 Å². The maximum Gasteiger partial charge on any atom is 0.282 e. The molecule has 1 aliphatic rings. The van der Waals surface area contributed by atoms with Crippen molar-refractivity contribution in [2.24, 2.45) is 0 Å². The predicted octanol–water partition coefficient (Wildman–Crippen LogP) is 3.41. The monoisotopic (exact) mass is 419 g/mol. The fourth-order valence-electron chi connectivity index (χ4n) is 3.75. The number of hydrogen-bond acceptors (Lipinski definition) is 5. The Bertz CT molecular complexity index is 1280. The molecule has 7 nitrogen and oxygen atoms in total. The smallest absolute Gasteiger partial charge is 0.282 e. The van der Waals surface area contributed by atoms with Gasteiger partial charge in [0, 0.05) is 22.4 Å². The Morgan fingerprint density at radius 3 is 2.77 bits per heavy atom. The molecule has 158 valence electrons. The Balaban J connectivity index is 1.31.